The number of thiophene rings is 1. The summed E-state index contributed by atoms with van der Waals surface area (Å²) in [5.41, 5.74) is 0. The van der Waals surface area contributed by atoms with Crippen LogP contribution >= 0.6 is 22.9 Å². The van der Waals surface area contributed by atoms with Crippen molar-refractivity contribution in [1.29, 1.82) is 0 Å². The molecule has 0 bridgehead atoms. The molecule has 2 aromatic rings. The number of rotatable bonds is 4. The van der Waals surface area contributed by atoms with Crippen LogP contribution in [0.3, 0.4) is 0 Å². The van der Waals surface area contributed by atoms with Gasteiger partial charge in [0.1, 0.15) is 10.6 Å². The molecular formula is C16H22ClN3S. The van der Waals surface area contributed by atoms with Gasteiger partial charge in [0.15, 0.2) is 0 Å². The van der Waals surface area contributed by atoms with Crippen molar-refractivity contribution in [2.24, 2.45) is 5.92 Å². The van der Waals surface area contributed by atoms with E-state index in [0.717, 1.165) is 22.6 Å². The molecular weight excluding hydrogens is 302 g/mol. The van der Waals surface area contributed by atoms with E-state index in [1.54, 1.807) is 11.3 Å². The average Bonchev–Trinajstić information content (AvgIpc) is 3.03. The van der Waals surface area contributed by atoms with E-state index < -0.39 is 0 Å². The number of anilines is 1. The Balaban J connectivity index is 2.08. The molecule has 0 N–H and O–H groups in total. The second-order valence-corrected chi connectivity index (χ2v) is 7.95. The van der Waals surface area contributed by atoms with E-state index >= 15 is 0 Å². The maximum absolute atomic E-state index is 6.18. The van der Waals surface area contributed by atoms with Crippen molar-refractivity contribution < 1.29 is 0 Å². The summed E-state index contributed by atoms with van der Waals surface area (Å²) in [5, 5.41) is 1.53. The molecule has 0 aromatic carbocycles. The van der Waals surface area contributed by atoms with Crippen molar-refractivity contribution in [3.05, 3.63) is 16.2 Å². The number of aromatic nitrogens is 2. The third kappa shape index (κ3) is 3.16. The van der Waals surface area contributed by atoms with E-state index in [0.29, 0.717) is 17.2 Å². The van der Waals surface area contributed by atoms with Crippen molar-refractivity contribution in [2.75, 3.05) is 11.4 Å². The highest BCUT2D eigenvalue weighted by Crippen LogP contribution is 2.35. The Bertz CT molecular complexity index is 632. The minimum absolute atomic E-state index is 0.367. The van der Waals surface area contributed by atoms with Gasteiger partial charge in [-0.1, -0.05) is 26.7 Å². The van der Waals surface area contributed by atoms with Crippen LogP contribution in [0, 0.1) is 12.8 Å². The van der Waals surface area contributed by atoms with E-state index in [4.69, 9.17) is 11.6 Å². The van der Waals surface area contributed by atoms with Crippen LogP contribution in [-0.2, 0) is 0 Å². The topological polar surface area (TPSA) is 29.0 Å². The molecule has 0 spiro atoms. The SMILES string of the molecule is Cc1cc2c(N(CC(C)C)C3CCCC3)nc(Cl)nc2s1. The second kappa shape index (κ2) is 6.09. The van der Waals surface area contributed by atoms with E-state index in [9.17, 15) is 0 Å². The Morgan fingerprint density at radius 1 is 1.33 bits per heavy atom. The van der Waals surface area contributed by atoms with E-state index in [1.807, 2.05) is 0 Å². The quantitative estimate of drug-likeness (QED) is 0.736. The number of hydrogen-bond donors (Lipinski definition) is 0. The first-order valence-corrected chi connectivity index (χ1v) is 8.94. The van der Waals surface area contributed by atoms with E-state index in [-0.39, 0.29) is 0 Å². The van der Waals surface area contributed by atoms with Gasteiger partial charge in [0.2, 0.25) is 5.28 Å². The van der Waals surface area contributed by atoms with Crippen LogP contribution in [0.2, 0.25) is 5.28 Å². The number of halogens is 1. The molecule has 0 amide bonds. The fourth-order valence-corrected chi connectivity index (χ4v) is 4.33. The van der Waals surface area contributed by atoms with Gasteiger partial charge in [0.05, 0.1) is 5.39 Å². The molecule has 1 aliphatic carbocycles. The van der Waals surface area contributed by atoms with Gasteiger partial charge in [-0.05, 0) is 43.4 Å². The molecule has 5 heteroatoms. The first-order chi connectivity index (χ1) is 10.0. The molecule has 0 unspecified atom stereocenters. The normalized spacial score (nSPS) is 16.2. The molecule has 0 aliphatic heterocycles. The highest BCUT2D eigenvalue weighted by molar-refractivity contribution is 7.18. The minimum Gasteiger partial charge on any atom is -0.353 e. The van der Waals surface area contributed by atoms with Crippen LogP contribution in [-0.4, -0.2) is 22.6 Å². The Hall–Kier alpha value is -0.870. The average molecular weight is 324 g/mol. The van der Waals surface area contributed by atoms with Crippen molar-refractivity contribution in [1.82, 2.24) is 9.97 Å². The van der Waals surface area contributed by atoms with Gasteiger partial charge < -0.3 is 4.90 Å². The number of fused-ring (bicyclic) bond motifs is 1. The number of hydrogen-bond acceptors (Lipinski definition) is 4. The zero-order valence-corrected chi connectivity index (χ0v) is 14.5. The van der Waals surface area contributed by atoms with Gasteiger partial charge in [-0.15, -0.1) is 11.3 Å². The Morgan fingerprint density at radius 2 is 2.05 bits per heavy atom. The summed E-state index contributed by atoms with van der Waals surface area (Å²) in [6.07, 6.45) is 5.17. The molecule has 2 heterocycles. The first kappa shape index (κ1) is 15.0. The van der Waals surface area contributed by atoms with Crippen LogP contribution < -0.4 is 4.90 Å². The van der Waals surface area contributed by atoms with Gasteiger partial charge in [-0.2, -0.15) is 4.98 Å². The van der Waals surface area contributed by atoms with Gasteiger partial charge in [-0.3, -0.25) is 0 Å². The van der Waals surface area contributed by atoms with Crippen molar-refractivity contribution in [3.63, 3.8) is 0 Å². The fraction of sp³-hybridized carbons (Fsp3) is 0.625. The van der Waals surface area contributed by atoms with Crippen molar-refractivity contribution >= 4 is 39.0 Å². The lowest BCUT2D eigenvalue weighted by Crippen LogP contribution is -2.37. The Labute approximate surface area is 135 Å². The van der Waals surface area contributed by atoms with E-state index in [2.05, 4.69) is 41.7 Å². The van der Waals surface area contributed by atoms with E-state index in [1.165, 1.54) is 30.6 Å². The monoisotopic (exact) mass is 323 g/mol. The van der Waals surface area contributed by atoms with Crippen LogP contribution in [0.1, 0.15) is 44.4 Å². The van der Waals surface area contributed by atoms with Gasteiger partial charge in [0.25, 0.3) is 0 Å². The molecule has 1 aliphatic rings. The third-order valence-electron chi connectivity index (χ3n) is 4.07. The summed E-state index contributed by atoms with van der Waals surface area (Å²) >= 11 is 7.88. The molecule has 1 fully saturated rings. The molecule has 0 radical (unpaired) electrons. The predicted octanol–water partition coefficient (Wildman–Crippen LogP) is 5.06. The maximum Gasteiger partial charge on any atom is 0.225 e. The summed E-state index contributed by atoms with van der Waals surface area (Å²) in [4.78, 5) is 13.7. The van der Waals surface area contributed by atoms with Gasteiger partial charge >= 0.3 is 0 Å². The first-order valence-electron chi connectivity index (χ1n) is 7.75. The molecule has 2 aromatic heterocycles. The lowest BCUT2D eigenvalue weighted by atomic mass is 10.1. The Morgan fingerprint density at radius 3 is 2.71 bits per heavy atom. The number of aryl methyl sites for hydroxylation is 1. The second-order valence-electron chi connectivity index (χ2n) is 6.38. The summed E-state index contributed by atoms with van der Waals surface area (Å²) in [5.74, 6) is 1.64. The molecule has 21 heavy (non-hydrogen) atoms. The summed E-state index contributed by atoms with van der Waals surface area (Å²) < 4.78 is 0. The van der Waals surface area contributed by atoms with Crippen molar-refractivity contribution in [3.8, 4) is 0 Å². The molecule has 1 saturated carbocycles. The zero-order valence-electron chi connectivity index (χ0n) is 12.9. The Kier molecular flexibility index (Phi) is 4.36. The zero-order chi connectivity index (χ0) is 15.0. The smallest absolute Gasteiger partial charge is 0.225 e. The highest BCUT2D eigenvalue weighted by atomic mass is 35.5. The van der Waals surface area contributed by atoms with Crippen LogP contribution in [0.5, 0.6) is 0 Å². The van der Waals surface area contributed by atoms with Crippen LogP contribution in [0.25, 0.3) is 10.2 Å². The molecule has 3 nitrogen and oxygen atoms in total. The third-order valence-corrected chi connectivity index (χ3v) is 5.18. The molecule has 114 valence electrons. The minimum atomic E-state index is 0.367. The standard InChI is InChI=1S/C16H22ClN3S/c1-10(2)9-20(12-6-4-5-7-12)14-13-8-11(3)21-15(13)19-16(17)18-14/h8,10,12H,4-7,9H2,1-3H3. The van der Waals surface area contributed by atoms with Gasteiger partial charge in [0, 0.05) is 17.5 Å². The summed E-state index contributed by atoms with van der Waals surface area (Å²) in [6.45, 7) is 7.68. The number of nitrogens with zero attached hydrogens (tertiary/aromatic N) is 3. The summed E-state index contributed by atoms with van der Waals surface area (Å²) in [7, 11) is 0. The molecule has 0 atom stereocenters. The molecule has 3 rings (SSSR count). The highest BCUT2D eigenvalue weighted by Gasteiger charge is 2.26. The molecule has 0 saturated heterocycles. The lowest BCUT2D eigenvalue weighted by Gasteiger charge is -2.32. The van der Waals surface area contributed by atoms with Crippen molar-refractivity contribution in [2.45, 2.75) is 52.5 Å². The largest absolute Gasteiger partial charge is 0.353 e. The summed E-state index contributed by atoms with van der Waals surface area (Å²) in [6, 6.07) is 2.80. The lowest BCUT2D eigenvalue weighted by molar-refractivity contribution is 0.532. The predicted molar refractivity (Wildman–Crippen MR) is 91.6 cm³/mol. The van der Waals surface area contributed by atoms with Crippen LogP contribution in [0.4, 0.5) is 5.82 Å². The van der Waals surface area contributed by atoms with Gasteiger partial charge in [-0.25, -0.2) is 4.98 Å². The fourth-order valence-electron chi connectivity index (χ4n) is 3.24. The van der Waals surface area contributed by atoms with Crippen LogP contribution in [0.15, 0.2) is 6.07 Å². The maximum atomic E-state index is 6.18.